The number of anilines is 1. The predicted octanol–water partition coefficient (Wildman–Crippen LogP) is 3.63. The van der Waals surface area contributed by atoms with Crippen LogP contribution in [0.2, 0.25) is 0 Å². The Labute approximate surface area is 122 Å². The molecule has 112 valence electrons. The molecular weight excluding hydrogens is 305 g/mol. The van der Waals surface area contributed by atoms with Gasteiger partial charge in [-0.3, -0.25) is 0 Å². The van der Waals surface area contributed by atoms with Gasteiger partial charge in [-0.25, -0.2) is 9.78 Å². The minimum absolute atomic E-state index is 0.101. The van der Waals surface area contributed by atoms with Crippen LogP contribution >= 0.6 is 11.3 Å². The first-order chi connectivity index (χ1) is 9.74. The van der Waals surface area contributed by atoms with Gasteiger partial charge in [-0.2, -0.15) is 13.2 Å². The summed E-state index contributed by atoms with van der Waals surface area (Å²) in [6.07, 6.45) is -4.95. The van der Waals surface area contributed by atoms with Crippen LogP contribution in [-0.4, -0.2) is 27.8 Å². The maximum Gasteiger partial charge on any atom is 0.422 e. The van der Waals surface area contributed by atoms with Gasteiger partial charge in [-0.05, 0) is 6.92 Å². The molecule has 0 radical (unpaired) electrons. The maximum absolute atomic E-state index is 12.9. The number of alkyl halides is 3. The number of aliphatic carboxylic acids is 1. The molecular formula is C13H11F3N2O2S. The number of carboxylic acids is 1. The topological polar surface area (TPSA) is 62.2 Å². The lowest BCUT2D eigenvalue weighted by atomic mass is 10.0. The number of aromatic nitrogens is 1. The maximum atomic E-state index is 12.9. The molecule has 0 amide bonds. The third-order valence-corrected chi connectivity index (χ3v) is 3.68. The van der Waals surface area contributed by atoms with Crippen LogP contribution in [0.1, 0.15) is 6.92 Å². The van der Waals surface area contributed by atoms with E-state index in [1.807, 2.05) is 5.32 Å². The Morgan fingerprint density at radius 1 is 1.29 bits per heavy atom. The largest absolute Gasteiger partial charge is 0.479 e. The Morgan fingerprint density at radius 3 is 2.43 bits per heavy atom. The number of halogens is 3. The van der Waals surface area contributed by atoms with E-state index in [1.54, 1.807) is 35.7 Å². The van der Waals surface area contributed by atoms with Gasteiger partial charge in [0, 0.05) is 10.9 Å². The highest BCUT2D eigenvalue weighted by Crippen LogP contribution is 2.35. The molecule has 0 aliphatic rings. The Hall–Kier alpha value is -2.09. The van der Waals surface area contributed by atoms with E-state index in [9.17, 15) is 18.0 Å². The molecule has 21 heavy (non-hydrogen) atoms. The molecule has 0 saturated carbocycles. The molecule has 0 spiro atoms. The predicted molar refractivity (Wildman–Crippen MR) is 73.3 cm³/mol. The van der Waals surface area contributed by atoms with Crippen molar-refractivity contribution in [3.05, 3.63) is 35.7 Å². The summed E-state index contributed by atoms with van der Waals surface area (Å²) in [5.41, 5.74) is -1.86. The summed E-state index contributed by atoms with van der Waals surface area (Å²) < 4.78 is 38.7. The molecule has 1 aromatic carbocycles. The zero-order chi connectivity index (χ0) is 15.7. The van der Waals surface area contributed by atoms with Crippen LogP contribution in [0, 0.1) is 0 Å². The summed E-state index contributed by atoms with van der Waals surface area (Å²) in [6, 6.07) is 8.88. The lowest BCUT2D eigenvalue weighted by Crippen LogP contribution is -2.55. The van der Waals surface area contributed by atoms with Gasteiger partial charge >= 0.3 is 12.1 Å². The molecule has 0 aliphatic carbocycles. The summed E-state index contributed by atoms with van der Waals surface area (Å²) in [5, 5.41) is 12.3. The van der Waals surface area contributed by atoms with Crippen LogP contribution < -0.4 is 5.32 Å². The number of rotatable bonds is 4. The van der Waals surface area contributed by atoms with Gasteiger partial charge < -0.3 is 10.4 Å². The molecule has 1 heterocycles. The minimum atomic E-state index is -4.95. The first-order valence-electron chi connectivity index (χ1n) is 5.83. The molecule has 0 fully saturated rings. The number of thiazole rings is 1. The van der Waals surface area contributed by atoms with Gasteiger partial charge in [0.05, 0.1) is 5.69 Å². The average molecular weight is 316 g/mol. The summed E-state index contributed by atoms with van der Waals surface area (Å²) >= 11 is 0.919. The van der Waals surface area contributed by atoms with Crippen molar-refractivity contribution < 1.29 is 23.1 Å². The molecule has 8 heteroatoms. The Balaban J connectivity index is 2.28. The van der Waals surface area contributed by atoms with Crippen molar-refractivity contribution in [1.29, 1.82) is 0 Å². The first kappa shape index (κ1) is 15.3. The standard InChI is InChI=1S/C13H11F3N2O2S/c1-12(10(19)20,13(14,15)16)18-11-17-9(7-21-11)8-5-3-2-4-6-8/h2-7H,1H3,(H,17,18)(H,19,20). The molecule has 2 aromatic rings. The van der Waals surface area contributed by atoms with Crippen LogP contribution in [-0.2, 0) is 4.79 Å². The van der Waals surface area contributed by atoms with Crippen molar-refractivity contribution in [2.75, 3.05) is 5.32 Å². The fraction of sp³-hybridized carbons (Fsp3) is 0.231. The van der Waals surface area contributed by atoms with E-state index in [0.29, 0.717) is 12.6 Å². The second kappa shape index (κ2) is 5.36. The molecule has 2 rings (SSSR count). The van der Waals surface area contributed by atoms with E-state index in [1.165, 1.54) is 0 Å². The van der Waals surface area contributed by atoms with Crippen molar-refractivity contribution >= 4 is 22.4 Å². The average Bonchev–Trinajstić information content (AvgIpc) is 2.86. The van der Waals surface area contributed by atoms with E-state index in [4.69, 9.17) is 5.11 Å². The van der Waals surface area contributed by atoms with E-state index in [2.05, 4.69) is 4.98 Å². The van der Waals surface area contributed by atoms with Crippen LogP contribution in [0.25, 0.3) is 11.3 Å². The van der Waals surface area contributed by atoms with E-state index in [0.717, 1.165) is 16.9 Å². The lowest BCUT2D eigenvalue weighted by molar-refractivity contribution is -0.192. The number of nitrogens with zero attached hydrogens (tertiary/aromatic N) is 1. The molecule has 1 atom stereocenters. The van der Waals surface area contributed by atoms with Gasteiger partial charge in [0.25, 0.3) is 0 Å². The molecule has 0 saturated heterocycles. The Kier molecular flexibility index (Phi) is 3.91. The summed E-state index contributed by atoms with van der Waals surface area (Å²) in [4.78, 5) is 14.9. The lowest BCUT2D eigenvalue weighted by Gasteiger charge is -2.28. The van der Waals surface area contributed by atoms with Crippen LogP contribution in [0.15, 0.2) is 35.7 Å². The van der Waals surface area contributed by atoms with Gasteiger partial charge in [0.2, 0.25) is 5.54 Å². The van der Waals surface area contributed by atoms with Crippen LogP contribution in [0.4, 0.5) is 18.3 Å². The minimum Gasteiger partial charge on any atom is -0.479 e. The third-order valence-electron chi connectivity index (χ3n) is 2.93. The summed E-state index contributed by atoms with van der Waals surface area (Å²) in [6.45, 7) is 0.568. The zero-order valence-electron chi connectivity index (χ0n) is 10.8. The molecule has 1 unspecified atom stereocenters. The number of carboxylic acid groups (broad SMARTS) is 1. The highest BCUT2D eigenvalue weighted by molar-refractivity contribution is 7.14. The van der Waals surface area contributed by atoms with Gasteiger partial charge in [0.1, 0.15) is 0 Å². The highest BCUT2D eigenvalue weighted by Gasteiger charge is 2.58. The van der Waals surface area contributed by atoms with Crippen molar-refractivity contribution in [2.45, 2.75) is 18.6 Å². The Morgan fingerprint density at radius 2 is 1.90 bits per heavy atom. The molecule has 0 bridgehead atoms. The summed E-state index contributed by atoms with van der Waals surface area (Å²) in [7, 11) is 0. The SMILES string of the molecule is CC(Nc1nc(-c2ccccc2)cs1)(C(=O)O)C(F)(F)F. The molecule has 1 aromatic heterocycles. The number of nitrogens with one attached hydrogen (secondary N) is 1. The number of carbonyl (C=O) groups is 1. The summed E-state index contributed by atoms with van der Waals surface area (Å²) in [5.74, 6) is -2.01. The van der Waals surface area contributed by atoms with E-state index < -0.39 is 17.7 Å². The van der Waals surface area contributed by atoms with Gasteiger partial charge in [-0.1, -0.05) is 30.3 Å². The van der Waals surface area contributed by atoms with Gasteiger partial charge in [0.15, 0.2) is 5.13 Å². The smallest absolute Gasteiger partial charge is 0.422 e. The van der Waals surface area contributed by atoms with E-state index >= 15 is 0 Å². The van der Waals surface area contributed by atoms with Crippen LogP contribution in [0.5, 0.6) is 0 Å². The monoisotopic (exact) mass is 316 g/mol. The van der Waals surface area contributed by atoms with Crippen LogP contribution in [0.3, 0.4) is 0 Å². The molecule has 0 aliphatic heterocycles. The Bertz CT molecular complexity index is 642. The van der Waals surface area contributed by atoms with Crippen molar-refractivity contribution in [3.63, 3.8) is 0 Å². The van der Waals surface area contributed by atoms with Crippen molar-refractivity contribution in [2.24, 2.45) is 0 Å². The second-order valence-corrected chi connectivity index (χ2v) is 5.31. The molecule has 4 nitrogen and oxygen atoms in total. The first-order valence-corrected chi connectivity index (χ1v) is 6.71. The third kappa shape index (κ3) is 2.99. The number of hydrogen-bond donors (Lipinski definition) is 2. The quantitative estimate of drug-likeness (QED) is 0.904. The fourth-order valence-electron chi connectivity index (χ4n) is 1.53. The van der Waals surface area contributed by atoms with E-state index in [-0.39, 0.29) is 5.13 Å². The highest BCUT2D eigenvalue weighted by atomic mass is 32.1. The number of benzene rings is 1. The van der Waals surface area contributed by atoms with Gasteiger partial charge in [-0.15, -0.1) is 11.3 Å². The molecule has 2 N–H and O–H groups in total. The van der Waals surface area contributed by atoms with Crippen molar-refractivity contribution in [1.82, 2.24) is 4.98 Å². The van der Waals surface area contributed by atoms with Crippen molar-refractivity contribution in [3.8, 4) is 11.3 Å². The second-order valence-electron chi connectivity index (χ2n) is 4.46. The normalized spacial score (nSPS) is 14.5. The zero-order valence-corrected chi connectivity index (χ0v) is 11.6. The number of hydrogen-bond acceptors (Lipinski definition) is 4. The fourth-order valence-corrected chi connectivity index (χ4v) is 2.36.